The third-order valence-electron chi connectivity index (χ3n) is 2.02. The maximum atomic E-state index is 10.6. The average molecular weight is 233 g/mol. The fraction of sp³-hybridized carbons (Fsp3) is 0. The Kier molecular flexibility index (Phi) is 2.53. The summed E-state index contributed by atoms with van der Waals surface area (Å²) in [4.78, 5) is 13.5. The number of nitrogens with zero attached hydrogens (tertiary/aromatic N) is 4. The summed E-state index contributed by atoms with van der Waals surface area (Å²) in [6.45, 7) is 0. The molecule has 8 nitrogen and oxygen atoms in total. The molecule has 0 bridgehead atoms. The second-order valence-corrected chi connectivity index (χ2v) is 3.06. The summed E-state index contributed by atoms with van der Waals surface area (Å²) in [5.41, 5.74) is -0.129. The van der Waals surface area contributed by atoms with Crippen molar-refractivity contribution in [2.24, 2.45) is 0 Å². The molecule has 1 aromatic heterocycles. The Morgan fingerprint density at radius 3 is 2.71 bits per heavy atom. The van der Waals surface area contributed by atoms with Crippen LogP contribution in [0.5, 0.6) is 11.5 Å². The van der Waals surface area contributed by atoms with Crippen LogP contribution in [0.2, 0.25) is 0 Å². The van der Waals surface area contributed by atoms with Crippen molar-refractivity contribution in [1.82, 2.24) is 15.2 Å². The highest BCUT2D eigenvalue weighted by Crippen LogP contribution is 2.38. The lowest BCUT2D eigenvalue weighted by molar-refractivity contribution is -0.385. The van der Waals surface area contributed by atoms with E-state index in [1.54, 1.807) is 0 Å². The van der Waals surface area contributed by atoms with Gasteiger partial charge in [-0.25, -0.2) is 4.98 Å². The van der Waals surface area contributed by atoms with Crippen molar-refractivity contribution in [3.63, 3.8) is 0 Å². The summed E-state index contributed by atoms with van der Waals surface area (Å²) in [5, 5.41) is 36.1. The van der Waals surface area contributed by atoms with Crippen LogP contribution in [0.1, 0.15) is 0 Å². The summed E-state index contributed by atoms with van der Waals surface area (Å²) in [6.07, 6.45) is 3.47. The van der Waals surface area contributed by atoms with Crippen molar-refractivity contribution in [3.8, 4) is 22.8 Å². The van der Waals surface area contributed by atoms with E-state index in [9.17, 15) is 20.3 Å². The van der Waals surface area contributed by atoms with E-state index in [0.717, 1.165) is 12.1 Å². The predicted octanol–water partition coefficient (Wildman–Crippen LogP) is 0.658. The number of phenols is 2. The van der Waals surface area contributed by atoms with Crippen molar-refractivity contribution in [1.29, 1.82) is 0 Å². The van der Waals surface area contributed by atoms with Crippen molar-refractivity contribution in [2.75, 3.05) is 0 Å². The van der Waals surface area contributed by atoms with Gasteiger partial charge in [0.15, 0.2) is 5.75 Å². The first-order valence-corrected chi connectivity index (χ1v) is 4.36. The van der Waals surface area contributed by atoms with Gasteiger partial charge < -0.3 is 10.2 Å². The molecule has 1 aromatic carbocycles. The molecule has 2 N–H and O–H groups in total. The first-order valence-electron chi connectivity index (χ1n) is 4.36. The molecule has 2 rings (SSSR count). The minimum absolute atomic E-state index is 0.234. The number of phenolic OH excluding ortho intramolecular Hbond substituents is 2. The third-order valence-corrected chi connectivity index (χ3v) is 2.02. The SMILES string of the molecule is O=[N+]([O-])c1cc(-c2cnn[c]n2)cc(O)c1O. The van der Waals surface area contributed by atoms with Gasteiger partial charge in [0.05, 0.1) is 16.8 Å². The van der Waals surface area contributed by atoms with Crippen LogP contribution in [0.4, 0.5) is 5.69 Å². The molecule has 0 fully saturated rings. The number of hydrogen-bond acceptors (Lipinski definition) is 7. The van der Waals surface area contributed by atoms with E-state index in [-0.39, 0.29) is 11.3 Å². The lowest BCUT2D eigenvalue weighted by Crippen LogP contribution is -1.92. The van der Waals surface area contributed by atoms with Crippen LogP contribution in [0, 0.1) is 16.4 Å². The zero-order valence-electron chi connectivity index (χ0n) is 8.23. The zero-order chi connectivity index (χ0) is 12.4. The molecule has 1 radical (unpaired) electrons. The Morgan fingerprint density at radius 1 is 1.35 bits per heavy atom. The molecule has 85 valence electrons. The minimum atomic E-state index is -0.809. The molecule has 2 aromatic rings. The Morgan fingerprint density at radius 2 is 2.12 bits per heavy atom. The molecule has 0 aliphatic rings. The smallest absolute Gasteiger partial charge is 0.315 e. The van der Waals surface area contributed by atoms with E-state index in [0.29, 0.717) is 0 Å². The maximum Gasteiger partial charge on any atom is 0.315 e. The molecule has 0 aliphatic heterocycles. The van der Waals surface area contributed by atoms with Gasteiger partial charge in [0, 0.05) is 11.6 Å². The van der Waals surface area contributed by atoms with Crippen LogP contribution in [0.3, 0.4) is 0 Å². The fourth-order valence-corrected chi connectivity index (χ4v) is 1.24. The summed E-state index contributed by atoms with van der Waals surface area (Å²) < 4.78 is 0. The van der Waals surface area contributed by atoms with Crippen LogP contribution in [0.15, 0.2) is 18.3 Å². The van der Waals surface area contributed by atoms with E-state index < -0.39 is 22.1 Å². The molecule has 0 saturated heterocycles. The summed E-state index contributed by atoms with van der Waals surface area (Å²) in [7, 11) is 0. The van der Waals surface area contributed by atoms with Crippen LogP contribution in [-0.2, 0) is 0 Å². The average Bonchev–Trinajstić information content (AvgIpc) is 2.33. The number of aromatic nitrogens is 3. The van der Waals surface area contributed by atoms with E-state index in [1.807, 2.05) is 0 Å². The van der Waals surface area contributed by atoms with Crippen molar-refractivity contribution < 1.29 is 15.1 Å². The molecule has 1 heterocycles. The van der Waals surface area contributed by atoms with E-state index in [4.69, 9.17) is 0 Å². The second kappa shape index (κ2) is 4.00. The normalized spacial score (nSPS) is 10.1. The van der Waals surface area contributed by atoms with Gasteiger partial charge in [-0.15, -0.1) is 5.10 Å². The molecule has 0 saturated carbocycles. The number of nitro groups is 1. The van der Waals surface area contributed by atoms with Crippen LogP contribution in [0.25, 0.3) is 11.3 Å². The van der Waals surface area contributed by atoms with Gasteiger partial charge in [-0.1, -0.05) is 0 Å². The first kappa shape index (κ1) is 10.7. The quantitative estimate of drug-likeness (QED) is 0.443. The number of hydrogen-bond donors (Lipinski definition) is 2. The number of nitro benzene ring substituents is 1. The number of aromatic hydroxyl groups is 2. The molecule has 0 aliphatic carbocycles. The van der Waals surface area contributed by atoms with Crippen LogP contribution >= 0.6 is 0 Å². The monoisotopic (exact) mass is 233 g/mol. The molecule has 0 unspecified atom stereocenters. The van der Waals surface area contributed by atoms with Crippen LogP contribution < -0.4 is 0 Å². The van der Waals surface area contributed by atoms with Gasteiger partial charge in [-0.2, -0.15) is 5.10 Å². The second-order valence-electron chi connectivity index (χ2n) is 3.06. The van der Waals surface area contributed by atoms with Gasteiger partial charge in [-0.3, -0.25) is 10.1 Å². The van der Waals surface area contributed by atoms with Gasteiger partial charge in [0.25, 0.3) is 0 Å². The van der Waals surface area contributed by atoms with Gasteiger partial charge in [-0.05, 0) is 6.07 Å². The summed E-state index contributed by atoms with van der Waals surface area (Å²) in [6, 6.07) is 2.22. The Bertz CT molecular complexity index is 573. The van der Waals surface area contributed by atoms with Gasteiger partial charge >= 0.3 is 5.69 Å². The molecule has 8 heteroatoms. The molecule has 17 heavy (non-hydrogen) atoms. The number of rotatable bonds is 2. The Labute approximate surface area is 94.4 Å². The zero-order valence-corrected chi connectivity index (χ0v) is 8.23. The predicted molar refractivity (Wildman–Crippen MR) is 54.1 cm³/mol. The topological polar surface area (TPSA) is 122 Å². The highest BCUT2D eigenvalue weighted by atomic mass is 16.6. The highest BCUT2D eigenvalue weighted by Gasteiger charge is 2.19. The largest absolute Gasteiger partial charge is 0.504 e. The lowest BCUT2D eigenvalue weighted by Gasteiger charge is -2.03. The molecular formula is C9H5N4O4. The standard InChI is InChI=1S/C9H5N4O4/c14-8-2-5(6-3-11-12-4-10-6)1-7(9(8)15)13(16)17/h1-3,14-15H. The molecule has 0 amide bonds. The van der Waals surface area contributed by atoms with E-state index >= 15 is 0 Å². The lowest BCUT2D eigenvalue weighted by atomic mass is 10.1. The molecular weight excluding hydrogens is 228 g/mol. The van der Waals surface area contributed by atoms with E-state index in [1.165, 1.54) is 6.20 Å². The third kappa shape index (κ3) is 1.95. The Balaban J connectivity index is 2.61. The maximum absolute atomic E-state index is 10.6. The fourth-order valence-electron chi connectivity index (χ4n) is 1.24. The Hall–Kier alpha value is -2.77. The summed E-state index contributed by atoms with van der Waals surface area (Å²) >= 11 is 0. The van der Waals surface area contributed by atoms with Crippen molar-refractivity contribution >= 4 is 5.69 Å². The molecule has 0 spiro atoms. The van der Waals surface area contributed by atoms with Gasteiger partial charge in [0.2, 0.25) is 12.1 Å². The first-order chi connectivity index (χ1) is 8.09. The minimum Gasteiger partial charge on any atom is -0.504 e. The van der Waals surface area contributed by atoms with E-state index in [2.05, 4.69) is 21.5 Å². The number of benzene rings is 1. The van der Waals surface area contributed by atoms with Crippen molar-refractivity contribution in [3.05, 3.63) is 34.8 Å². The van der Waals surface area contributed by atoms with Crippen molar-refractivity contribution in [2.45, 2.75) is 0 Å². The highest BCUT2D eigenvalue weighted by molar-refractivity contribution is 5.69. The van der Waals surface area contributed by atoms with Gasteiger partial charge in [0.1, 0.15) is 0 Å². The summed E-state index contributed by atoms with van der Waals surface area (Å²) in [5.74, 6) is -1.39. The molecule has 0 atom stereocenters. The van der Waals surface area contributed by atoms with Crippen LogP contribution in [-0.4, -0.2) is 30.3 Å².